The van der Waals surface area contributed by atoms with Gasteiger partial charge in [-0.1, -0.05) is 29.4 Å². The maximum Gasteiger partial charge on any atom is 0.191 e. The van der Waals surface area contributed by atoms with Gasteiger partial charge in [-0.05, 0) is 30.9 Å². The third-order valence-corrected chi connectivity index (χ3v) is 3.17. The fraction of sp³-hybridized carbons (Fsp3) is 0.167. The summed E-state index contributed by atoms with van der Waals surface area (Å²) in [6.07, 6.45) is 1.90. The zero-order valence-electron chi connectivity index (χ0n) is 10.1. The number of nitrogens with zero attached hydrogens (tertiary/aromatic N) is 2. The van der Waals surface area contributed by atoms with Crippen molar-refractivity contribution in [2.24, 2.45) is 0 Å². The number of thioether (sulfide) groups is 1. The fourth-order valence-corrected chi connectivity index (χ4v) is 2.02. The zero-order chi connectivity index (χ0) is 13.1. The number of nitrogen functional groups attached to an aromatic ring is 1. The Labute approximate surface area is 115 Å². The van der Waals surface area contributed by atoms with Gasteiger partial charge in [0.15, 0.2) is 5.16 Å². The molecule has 0 unspecified atom stereocenters. The molecule has 0 aliphatic rings. The first-order valence-corrected chi connectivity index (χ1v) is 6.90. The minimum atomic E-state index is 0.431. The average molecular weight is 281 g/mol. The summed E-state index contributed by atoms with van der Waals surface area (Å²) in [5.41, 5.74) is 7.65. The summed E-state index contributed by atoms with van der Waals surface area (Å²) in [5.74, 6) is 1.07. The lowest BCUT2D eigenvalue weighted by Gasteiger charge is -2.09. The van der Waals surface area contributed by atoms with Crippen molar-refractivity contribution in [3.63, 3.8) is 0 Å². The second kappa shape index (κ2) is 5.46. The van der Waals surface area contributed by atoms with Gasteiger partial charge in [0.05, 0.1) is 10.7 Å². The van der Waals surface area contributed by atoms with Crippen molar-refractivity contribution in [1.29, 1.82) is 0 Å². The first kappa shape index (κ1) is 13.0. The van der Waals surface area contributed by atoms with E-state index in [2.05, 4.69) is 15.3 Å². The van der Waals surface area contributed by atoms with Gasteiger partial charge in [-0.2, -0.15) is 0 Å². The number of hydrogen-bond donors (Lipinski definition) is 2. The van der Waals surface area contributed by atoms with Crippen molar-refractivity contribution in [2.45, 2.75) is 12.1 Å². The summed E-state index contributed by atoms with van der Waals surface area (Å²) in [6, 6.07) is 7.44. The number of anilines is 3. The van der Waals surface area contributed by atoms with Gasteiger partial charge < -0.3 is 11.1 Å². The van der Waals surface area contributed by atoms with Crippen LogP contribution in [0.5, 0.6) is 0 Å². The summed E-state index contributed by atoms with van der Waals surface area (Å²) in [7, 11) is 0. The summed E-state index contributed by atoms with van der Waals surface area (Å²) >= 11 is 7.56. The van der Waals surface area contributed by atoms with Gasteiger partial charge in [-0.25, -0.2) is 9.97 Å². The Kier molecular flexibility index (Phi) is 3.93. The summed E-state index contributed by atoms with van der Waals surface area (Å²) in [5, 5.41) is 4.42. The van der Waals surface area contributed by atoms with Crippen LogP contribution in [0, 0.1) is 6.92 Å². The van der Waals surface area contributed by atoms with Gasteiger partial charge >= 0.3 is 0 Å². The van der Waals surface area contributed by atoms with Crippen molar-refractivity contribution in [3.8, 4) is 0 Å². The lowest BCUT2D eigenvalue weighted by atomic mass is 10.2. The monoisotopic (exact) mass is 280 g/mol. The Bertz CT molecular complexity index is 574. The number of rotatable bonds is 3. The molecular formula is C12H13ClN4S. The van der Waals surface area contributed by atoms with E-state index in [4.69, 9.17) is 17.3 Å². The van der Waals surface area contributed by atoms with Crippen molar-refractivity contribution in [3.05, 3.63) is 34.9 Å². The van der Waals surface area contributed by atoms with Gasteiger partial charge in [0.25, 0.3) is 0 Å². The predicted octanol–water partition coefficient (Wildman–Crippen LogP) is 3.49. The van der Waals surface area contributed by atoms with Crippen LogP contribution < -0.4 is 11.1 Å². The maximum atomic E-state index is 6.12. The Morgan fingerprint density at radius 2 is 2.06 bits per heavy atom. The van der Waals surface area contributed by atoms with E-state index < -0.39 is 0 Å². The zero-order valence-corrected chi connectivity index (χ0v) is 11.6. The number of benzene rings is 1. The quantitative estimate of drug-likeness (QED) is 0.666. The van der Waals surface area contributed by atoms with Crippen LogP contribution in [-0.4, -0.2) is 16.2 Å². The highest BCUT2D eigenvalue weighted by molar-refractivity contribution is 7.98. The topological polar surface area (TPSA) is 63.8 Å². The van der Waals surface area contributed by atoms with Crippen LogP contribution in [0.2, 0.25) is 5.02 Å². The largest absolute Gasteiger partial charge is 0.383 e. The van der Waals surface area contributed by atoms with Gasteiger partial charge in [-0.3, -0.25) is 0 Å². The summed E-state index contributed by atoms with van der Waals surface area (Å²) < 4.78 is 0. The number of aromatic nitrogens is 2. The van der Waals surface area contributed by atoms with Crippen LogP contribution in [0.1, 0.15) is 5.56 Å². The highest BCUT2D eigenvalue weighted by atomic mass is 35.5. The molecule has 0 aliphatic heterocycles. The first-order chi connectivity index (χ1) is 8.58. The lowest BCUT2D eigenvalue weighted by molar-refractivity contribution is 0.984. The molecule has 1 aromatic carbocycles. The van der Waals surface area contributed by atoms with E-state index in [1.54, 1.807) is 6.07 Å². The minimum Gasteiger partial charge on any atom is -0.383 e. The predicted molar refractivity (Wildman–Crippen MR) is 77.7 cm³/mol. The van der Waals surface area contributed by atoms with Crippen molar-refractivity contribution in [2.75, 3.05) is 17.3 Å². The second-order valence-electron chi connectivity index (χ2n) is 3.77. The van der Waals surface area contributed by atoms with E-state index in [0.717, 1.165) is 11.3 Å². The lowest BCUT2D eigenvalue weighted by Crippen LogP contribution is -2.00. The molecule has 0 radical (unpaired) electrons. The van der Waals surface area contributed by atoms with Crippen LogP contribution in [-0.2, 0) is 0 Å². The molecule has 6 heteroatoms. The van der Waals surface area contributed by atoms with Gasteiger partial charge in [0.2, 0.25) is 0 Å². The van der Waals surface area contributed by atoms with Crippen LogP contribution in [0.4, 0.5) is 17.3 Å². The molecule has 0 amide bonds. The highest BCUT2D eigenvalue weighted by Crippen LogP contribution is 2.26. The molecule has 94 valence electrons. The van der Waals surface area contributed by atoms with Gasteiger partial charge in [-0.15, -0.1) is 0 Å². The van der Waals surface area contributed by atoms with Crippen LogP contribution in [0.3, 0.4) is 0 Å². The molecule has 0 spiro atoms. The molecule has 0 bridgehead atoms. The SMILES string of the molecule is CSc1nc(N)cc(Nc2cc(C)ccc2Cl)n1. The Hall–Kier alpha value is -1.46. The molecule has 1 aromatic heterocycles. The Morgan fingerprint density at radius 3 is 2.78 bits per heavy atom. The molecule has 4 nitrogen and oxygen atoms in total. The summed E-state index contributed by atoms with van der Waals surface area (Å²) in [4.78, 5) is 8.41. The van der Waals surface area contributed by atoms with Crippen LogP contribution in [0.25, 0.3) is 0 Å². The maximum absolute atomic E-state index is 6.12. The molecular weight excluding hydrogens is 268 g/mol. The molecule has 0 aliphatic carbocycles. The molecule has 0 atom stereocenters. The van der Waals surface area contributed by atoms with Gasteiger partial charge in [0, 0.05) is 6.07 Å². The van der Waals surface area contributed by atoms with E-state index >= 15 is 0 Å². The molecule has 2 rings (SSSR count). The molecule has 2 aromatic rings. The fourth-order valence-electron chi connectivity index (χ4n) is 1.47. The Balaban J connectivity index is 2.33. The number of nitrogens with two attached hydrogens (primary N) is 1. The van der Waals surface area contributed by atoms with Crippen molar-refractivity contribution < 1.29 is 0 Å². The third kappa shape index (κ3) is 3.05. The van der Waals surface area contributed by atoms with E-state index in [1.165, 1.54) is 11.8 Å². The molecule has 1 heterocycles. The minimum absolute atomic E-state index is 0.431. The van der Waals surface area contributed by atoms with Crippen LogP contribution >= 0.6 is 23.4 Å². The number of hydrogen-bond acceptors (Lipinski definition) is 5. The average Bonchev–Trinajstić information content (AvgIpc) is 2.33. The highest BCUT2D eigenvalue weighted by Gasteiger charge is 2.05. The molecule has 0 saturated heterocycles. The van der Waals surface area contributed by atoms with E-state index in [9.17, 15) is 0 Å². The summed E-state index contributed by atoms with van der Waals surface area (Å²) in [6.45, 7) is 2.00. The standard InChI is InChI=1S/C12H13ClN4S/c1-7-3-4-8(13)9(5-7)15-11-6-10(14)16-12(17-11)18-2/h3-6H,1-2H3,(H3,14,15,16,17). The molecule has 0 saturated carbocycles. The van der Waals surface area contributed by atoms with Crippen molar-refractivity contribution >= 4 is 40.7 Å². The number of nitrogens with one attached hydrogen (secondary N) is 1. The second-order valence-corrected chi connectivity index (χ2v) is 4.95. The number of halogens is 1. The smallest absolute Gasteiger partial charge is 0.191 e. The van der Waals surface area contributed by atoms with E-state index in [0.29, 0.717) is 21.8 Å². The molecule has 18 heavy (non-hydrogen) atoms. The van der Waals surface area contributed by atoms with Crippen LogP contribution in [0.15, 0.2) is 29.4 Å². The third-order valence-electron chi connectivity index (χ3n) is 2.29. The number of aryl methyl sites for hydroxylation is 1. The van der Waals surface area contributed by atoms with Gasteiger partial charge in [0.1, 0.15) is 11.6 Å². The Morgan fingerprint density at radius 1 is 1.28 bits per heavy atom. The normalized spacial score (nSPS) is 10.4. The molecule has 0 fully saturated rings. The van der Waals surface area contributed by atoms with Crippen molar-refractivity contribution in [1.82, 2.24) is 9.97 Å². The van der Waals surface area contributed by atoms with E-state index in [1.807, 2.05) is 31.4 Å². The first-order valence-electron chi connectivity index (χ1n) is 5.30. The molecule has 3 N–H and O–H groups in total. The van der Waals surface area contributed by atoms with E-state index in [-0.39, 0.29) is 0 Å².